The van der Waals surface area contributed by atoms with Crippen LogP contribution in [0.25, 0.3) is 0 Å². The second-order valence-corrected chi connectivity index (χ2v) is 5.57. The highest BCUT2D eigenvalue weighted by Gasteiger charge is 2.11. The standard InChI is InChI=1S/C16H22ClN3O/c1-12(8-10-20(2)3)19-16(21)14-7-6-13(5-4-9-18)15(17)11-14/h6-7,11-12H,8-10,18H2,1-3H3,(H,19,21). The molecule has 1 aromatic carbocycles. The molecule has 0 aliphatic carbocycles. The van der Waals surface area contributed by atoms with Gasteiger partial charge in [0, 0.05) is 17.2 Å². The van der Waals surface area contributed by atoms with Gasteiger partial charge in [-0.3, -0.25) is 4.79 Å². The van der Waals surface area contributed by atoms with Crippen LogP contribution in [0.5, 0.6) is 0 Å². The van der Waals surface area contributed by atoms with Crippen molar-refractivity contribution in [1.29, 1.82) is 0 Å². The van der Waals surface area contributed by atoms with Crippen molar-refractivity contribution in [3.8, 4) is 11.8 Å². The van der Waals surface area contributed by atoms with Crippen molar-refractivity contribution >= 4 is 17.5 Å². The van der Waals surface area contributed by atoms with E-state index in [1.54, 1.807) is 18.2 Å². The molecule has 0 heterocycles. The number of nitrogens with one attached hydrogen (secondary N) is 1. The summed E-state index contributed by atoms with van der Waals surface area (Å²) in [5.41, 5.74) is 6.54. The number of halogens is 1. The Bertz CT molecular complexity index is 546. The first kappa shape index (κ1) is 17.5. The fourth-order valence-corrected chi connectivity index (χ4v) is 1.96. The third kappa shape index (κ3) is 6.17. The van der Waals surface area contributed by atoms with Gasteiger partial charge in [-0.05, 0) is 52.2 Å². The first-order valence-electron chi connectivity index (χ1n) is 6.88. The Balaban J connectivity index is 2.68. The summed E-state index contributed by atoms with van der Waals surface area (Å²) in [6.07, 6.45) is 0.895. The first-order chi connectivity index (χ1) is 9.93. The Hall–Kier alpha value is -1.54. The first-order valence-corrected chi connectivity index (χ1v) is 7.26. The lowest BCUT2D eigenvalue weighted by atomic mass is 10.1. The van der Waals surface area contributed by atoms with Gasteiger partial charge in [0.2, 0.25) is 0 Å². The van der Waals surface area contributed by atoms with Gasteiger partial charge in [-0.25, -0.2) is 0 Å². The zero-order valence-corrected chi connectivity index (χ0v) is 13.5. The second-order valence-electron chi connectivity index (χ2n) is 5.17. The second kappa shape index (κ2) is 8.68. The molecule has 0 fully saturated rings. The molecule has 1 unspecified atom stereocenters. The van der Waals surface area contributed by atoms with E-state index in [1.807, 2.05) is 21.0 Å². The number of hydrogen-bond donors (Lipinski definition) is 2. The van der Waals surface area contributed by atoms with Gasteiger partial charge in [-0.1, -0.05) is 23.4 Å². The van der Waals surface area contributed by atoms with E-state index in [9.17, 15) is 4.79 Å². The van der Waals surface area contributed by atoms with Crippen molar-refractivity contribution in [3.63, 3.8) is 0 Å². The van der Waals surface area contributed by atoms with Gasteiger partial charge in [0.15, 0.2) is 0 Å². The van der Waals surface area contributed by atoms with Crippen LogP contribution in [0.15, 0.2) is 18.2 Å². The molecule has 4 nitrogen and oxygen atoms in total. The van der Waals surface area contributed by atoms with Gasteiger partial charge in [0.25, 0.3) is 5.91 Å². The number of nitrogens with zero attached hydrogens (tertiary/aromatic N) is 1. The molecule has 1 aromatic rings. The molecule has 1 amide bonds. The number of carbonyl (C=O) groups excluding carboxylic acids is 1. The summed E-state index contributed by atoms with van der Waals surface area (Å²) >= 11 is 6.12. The molecule has 0 aliphatic heterocycles. The summed E-state index contributed by atoms with van der Waals surface area (Å²) in [6.45, 7) is 3.20. The molecule has 0 spiro atoms. The predicted octanol–water partition coefficient (Wildman–Crippen LogP) is 1.72. The van der Waals surface area contributed by atoms with E-state index in [0.717, 1.165) is 13.0 Å². The van der Waals surface area contributed by atoms with Crippen LogP contribution in [-0.4, -0.2) is 44.0 Å². The van der Waals surface area contributed by atoms with Gasteiger partial charge in [-0.15, -0.1) is 0 Å². The quantitative estimate of drug-likeness (QED) is 0.814. The average Bonchev–Trinajstić information content (AvgIpc) is 2.43. The molecule has 21 heavy (non-hydrogen) atoms. The molecule has 0 bridgehead atoms. The maximum atomic E-state index is 12.1. The van der Waals surface area contributed by atoms with E-state index in [1.165, 1.54) is 0 Å². The average molecular weight is 308 g/mol. The summed E-state index contributed by atoms with van der Waals surface area (Å²) < 4.78 is 0. The van der Waals surface area contributed by atoms with Gasteiger partial charge in [-0.2, -0.15) is 0 Å². The Morgan fingerprint density at radius 1 is 1.48 bits per heavy atom. The van der Waals surface area contributed by atoms with Crippen LogP contribution >= 0.6 is 11.6 Å². The Morgan fingerprint density at radius 2 is 2.19 bits per heavy atom. The molecule has 0 aromatic heterocycles. The molecule has 0 saturated carbocycles. The lowest BCUT2D eigenvalue weighted by Crippen LogP contribution is -2.34. The molecular formula is C16H22ClN3O. The summed E-state index contributed by atoms with van der Waals surface area (Å²) in [6, 6.07) is 5.20. The monoisotopic (exact) mass is 307 g/mol. The van der Waals surface area contributed by atoms with Crippen LogP contribution in [0.3, 0.4) is 0 Å². The van der Waals surface area contributed by atoms with Crippen molar-refractivity contribution in [2.75, 3.05) is 27.2 Å². The fraction of sp³-hybridized carbons (Fsp3) is 0.438. The topological polar surface area (TPSA) is 58.4 Å². The van der Waals surface area contributed by atoms with Crippen molar-refractivity contribution < 1.29 is 4.79 Å². The van der Waals surface area contributed by atoms with Crippen molar-refractivity contribution in [2.45, 2.75) is 19.4 Å². The minimum atomic E-state index is -0.124. The molecule has 1 atom stereocenters. The lowest BCUT2D eigenvalue weighted by Gasteiger charge is -2.16. The third-order valence-electron chi connectivity index (χ3n) is 2.94. The Morgan fingerprint density at radius 3 is 2.76 bits per heavy atom. The summed E-state index contributed by atoms with van der Waals surface area (Å²) in [5.74, 6) is 5.49. The number of hydrogen-bond acceptors (Lipinski definition) is 3. The van der Waals surface area contributed by atoms with Crippen LogP contribution in [0, 0.1) is 11.8 Å². The fourth-order valence-electron chi connectivity index (χ4n) is 1.74. The van der Waals surface area contributed by atoms with E-state index in [0.29, 0.717) is 16.1 Å². The minimum Gasteiger partial charge on any atom is -0.350 e. The molecule has 1 rings (SSSR count). The van der Waals surface area contributed by atoms with Crippen LogP contribution in [0.1, 0.15) is 29.3 Å². The van der Waals surface area contributed by atoms with Crippen molar-refractivity contribution in [2.24, 2.45) is 5.73 Å². The molecule has 3 N–H and O–H groups in total. The number of benzene rings is 1. The molecule has 0 saturated heterocycles. The zero-order chi connectivity index (χ0) is 15.8. The van der Waals surface area contributed by atoms with Crippen LogP contribution < -0.4 is 11.1 Å². The van der Waals surface area contributed by atoms with Crippen LogP contribution in [-0.2, 0) is 0 Å². The SMILES string of the molecule is CC(CCN(C)C)NC(=O)c1ccc(C#CCN)c(Cl)c1. The van der Waals surface area contributed by atoms with Gasteiger partial charge >= 0.3 is 0 Å². The van der Waals surface area contributed by atoms with E-state index in [4.69, 9.17) is 17.3 Å². The summed E-state index contributed by atoms with van der Waals surface area (Å²) in [4.78, 5) is 14.2. The highest BCUT2D eigenvalue weighted by atomic mass is 35.5. The maximum absolute atomic E-state index is 12.1. The molecular weight excluding hydrogens is 286 g/mol. The smallest absolute Gasteiger partial charge is 0.251 e. The Labute approximate surface area is 131 Å². The maximum Gasteiger partial charge on any atom is 0.251 e. The highest BCUT2D eigenvalue weighted by molar-refractivity contribution is 6.32. The number of carbonyl (C=O) groups is 1. The molecule has 5 heteroatoms. The van der Waals surface area contributed by atoms with Crippen LogP contribution in [0.2, 0.25) is 5.02 Å². The van der Waals surface area contributed by atoms with Crippen molar-refractivity contribution in [3.05, 3.63) is 34.3 Å². The van der Waals surface area contributed by atoms with Crippen molar-refractivity contribution in [1.82, 2.24) is 10.2 Å². The minimum absolute atomic E-state index is 0.107. The number of amides is 1. The van der Waals surface area contributed by atoms with Gasteiger partial charge in [0.05, 0.1) is 11.6 Å². The number of nitrogens with two attached hydrogens (primary N) is 1. The van der Waals surface area contributed by atoms with Gasteiger partial charge < -0.3 is 16.0 Å². The summed E-state index contributed by atoms with van der Waals surface area (Å²) in [5, 5.41) is 3.42. The van der Waals surface area contributed by atoms with E-state index in [-0.39, 0.29) is 18.5 Å². The predicted molar refractivity (Wildman–Crippen MR) is 87.5 cm³/mol. The number of rotatable bonds is 5. The largest absolute Gasteiger partial charge is 0.350 e. The molecule has 114 valence electrons. The van der Waals surface area contributed by atoms with Crippen LogP contribution in [0.4, 0.5) is 0 Å². The van der Waals surface area contributed by atoms with E-state index < -0.39 is 0 Å². The van der Waals surface area contributed by atoms with E-state index >= 15 is 0 Å². The zero-order valence-electron chi connectivity index (χ0n) is 12.7. The summed E-state index contributed by atoms with van der Waals surface area (Å²) in [7, 11) is 4.02. The lowest BCUT2D eigenvalue weighted by molar-refractivity contribution is 0.0937. The van der Waals surface area contributed by atoms with Gasteiger partial charge in [0.1, 0.15) is 0 Å². The highest BCUT2D eigenvalue weighted by Crippen LogP contribution is 2.17. The third-order valence-corrected chi connectivity index (χ3v) is 3.26. The molecule has 0 aliphatic rings. The Kier molecular flexibility index (Phi) is 7.24. The molecule has 0 radical (unpaired) electrons. The normalized spacial score (nSPS) is 11.7. The van der Waals surface area contributed by atoms with E-state index in [2.05, 4.69) is 22.1 Å².